The van der Waals surface area contributed by atoms with Crippen LogP contribution in [0.5, 0.6) is 5.75 Å². The van der Waals surface area contributed by atoms with Gasteiger partial charge in [0.1, 0.15) is 11.9 Å². The lowest BCUT2D eigenvalue weighted by Crippen LogP contribution is -2.47. The van der Waals surface area contributed by atoms with Crippen molar-refractivity contribution in [2.24, 2.45) is 0 Å². The number of rotatable bonds is 6. The van der Waals surface area contributed by atoms with E-state index in [1.165, 1.54) is 6.07 Å². The van der Waals surface area contributed by atoms with Crippen molar-refractivity contribution in [1.29, 1.82) is 0 Å². The first-order valence-electron chi connectivity index (χ1n) is 8.82. The van der Waals surface area contributed by atoms with E-state index in [2.05, 4.69) is 5.32 Å². The van der Waals surface area contributed by atoms with Crippen LogP contribution >= 0.6 is 23.2 Å². The van der Waals surface area contributed by atoms with E-state index in [4.69, 9.17) is 32.7 Å². The molecule has 1 heterocycles. The molecule has 1 aliphatic rings. The average Bonchev–Trinajstić information content (AvgIpc) is 2.72. The third kappa shape index (κ3) is 5.61. The second-order valence-corrected chi connectivity index (χ2v) is 7.09. The van der Waals surface area contributed by atoms with Crippen LogP contribution in [-0.4, -0.2) is 49.6 Å². The average molecular weight is 423 g/mol. The lowest BCUT2D eigenvalue weighted by Gasteiger charge is -2.33. The molecule has 0 saturated carbocycles. The van der Waals surface area contributed by atoms with Gasteiger partial charge < -0.3 is 19.7 Å². The topological polar surface area (TPSA) is 67.9 Å². The molecule has 2 aromatic carbocycles. The summed E-state index contributed by atoms with van der Waals surface area (Å²) in [5.74, 6) is -0.222. The minimum Gasteiger partial charge on any atom is -0.482 e. The highest BCUT2D eigenvalue weighted by atomic mass is 35.5. The van der Waals surface area contributed by atoms with Gasteiger partial charge in [0.05, 0.1) is 24.7 Å². The van der Waals surface area contributed by atoms with Crippen LogP contribution in [0.15, 0.2) is 48.5 Å². The predicted octanol–water partition coefficient (Wildman–Crippen LogP) is 3.09. The molecule has 1 N–H and O–H groups in total. The zero-order valence-electron chi connectivity index (χ0n) is 15.1. The quantitative estimate of drug-likeness (QED) is 0.776. The fourth-order valence-electron chi connectivity index (χ4n) is 2.82. The van der Waals surface area contributed by atoms with Crippen LogP contribution in [0.3, 0.4) is 0 Å². The maximum atomic E-state index is 12.4. The van der Waals surface area contributed by atoms with Crippen LogP contribution in [0.2, 0.25) is 10.0 Å². The number of amides is 2. The number of hydrogen-bond donors (Lipinski definition) is 1. The van der Waals surface area contributed by atoms with Gasteiger partial charge in [-0.2, -0.15) is 0 Å². The summed E-state index contributed by atoms with van der Waals surface area (Å²) in [6.07, 6.45) is -0.162. The summed E-state index contributed by atoms with van der Waals surface area (Å²) in [6.45, 7) is 1.06. The number of nitrogens with zero attached hydrogens (tertiary/aromatic N) is 1. The maximum absolute atomic E-state index is 12.4. The molecule has 0 spiro atoms. The molecule has 148 valence electrons. The minimum atomic E-state index is -0.410. The minimum absolute atomic E-state index is 0.0992. The summed E-state index contributed by atoms with van der Waals surface area (Å²) in [5, 5.41) is 3.37. The van der Waals surface area contributed by atoms with Crippen molar-refractivity contribution in [1.82, 2.24) is 10.2 Å². The molecule has 0 aliphatic carbocycles. The molecule has 3 rings (SSSR count). The summed E-state index contributed by atoms with van der Waals surface area (Å²) < 4.78 is 11.1. The second-order valence-electron chi connectivity index (χ2n) is 6.25. The monoisotopic (exact) mass is 422 g/mol. The molecule has 8 heteroatoms. The van der Waals surface area contributed by atoms with E-state index in [9.17, 15) is 9.59 Å². The molecule has 28 heavy (non-hydrogen) atoms. The summed E-state index contributed by atoms with van der Waals surface area (Å²) in [5.41, 5.74) is 1.03. The Labute approximate surface area is 173 Å². The smallest absolute Gasteiger partial charge is 0.258 e. The number of hydrogen-bond acceptors (Lipinski definition) is 4. The molecule has 6 nitrogen and oxygen atoms in total. The maximum Gasteiger partial charge on any atom is 0.258 e. The Balaban J connectivity index is 1.44. The van der Waals surface area contributed by atoms with Gasteiger partial charge in [0.15, 0.2) is 6.61 Å². The van der Waals surface area contributed by atoms with Gasteiger partial charge in [0, 0.05) is 11.6 Å². The number of halogens is 2. The standard InChI is InChI=1S/C20H20Cl2N2O4/c21-15-6-7-17(16(22)10-15)28-13-19(25)23-11-20(26)24-8-9-27-18(12-24)14-4-2-1-3-5-14/h1-7,10,18H,8-9,11-13H2,(H,23,25)/t18-/m0/s1. The Morgan fingerprint density at radius 1 is 1.18 bits per heavy atom. The van der Waals surface area contributed by atoms with Gasteiger partial charge >= 0.3 is 0 Å². The highest BCUT2D eigenvalue weighted by Gasteiger charge is 2.25. The fraction of sp³-hybridized carbons (Fsp3) is 0.300. The van der Waals surface area contributed by atoms with Crippen molar-refractivity contribution < 1.29 is 19.1 Å². The van der Waals surface area contributed by atoms with Crippen LogP contribution < -0.4 is 10.1 Å². The Bertz CT molecular complexity index is 832. The Kier molecular flexibility index (Phi) is 7.14. The molecule has 1 atom stereocenters. The van der Waals surface area contributed by atoms with Crippen molar-refractivity contribution in [3.8, 4) is 5.75 Å². The van der Waals surface area contributed by atoms with Crippen molar-refractivity contribution >= 4 is 35.0 Å². The molecule has 0 unspecified atom stereocenters. The number of nitrogens with one attached hydrogen (secondary N) is 1. The predicted molar refractivity (Wildman–Crippen MR) is 107 cm³/mol. The van der Waals surface area contributed by atoms with Crippen molar-refractivity contribution in [3.63, 3.8) is 0 Å². The van der Waals surface area contributed by atoms with Gasteiger partial charge in [-0.25, -0.2) is 0 Å². The zero-order valence-corrected chi connectivity index (χ0v) is 16.6. The molecule has 0 aromatic heterocycles. The van der Waals surface area contributed by atoms with E-state index in [1.807, 2.05) is 30.3 Å². The van der Waals surface area contributed by atoms with Gasteiger partial charge in [-0.05, 0) is 23.8 Å². The van der Waals surface area contributed by atoms with Crippen LogP contribution in [0.25, 0.3) is 0 Å². The molecule has 0 bridgehead atoms. The van der Waals surface area contributed by atoms with Crippen molar-refractivity contribution in [3.05, 3.63) is 64.1 Å². The van der Waals surface area contributed by atoms with Crippen LogP contribution in [0, 0.1) is 0 Å². The molecule has 2 amide bonds. The first kappa shape index (κ1) is 20.5. The normalized spacial score (nSPS) is 16.5. The Hall–Kier alpha value is -2.28. The molecule has 0 radical (unpaired) electrons. The largest absolute Gasteiger partial charge is 0.482 e. The summed E-state index contributed by atoms with van der Waals surface area (Å²) in [4.78, 5) is 26.1. The van der Waals surface area contributed by atoms with E-state index in [1.54, 1.807) is 17.0 Å². The lowest BCUT2D eigenvalue weighted by atomic mass is 10.1. The number of morpholine rings is 1. The number of carbonyl (C=O) groups excluding carboxylic acids is 2. The molecule has 2 aromatic rings. The van der Waals surface area contributed by atoms with Crippen molar-refractivity contribution in [2.75, 3.05) is 32.8 Å². The van der Waals surface area contributed by atoms with Gasteiger partial charge in [-0.15, -0.1) is 0 Å². The highest BCUT2D eigenvalue weighted by molar-refractivity contribution is 6.35. The van der Waals surface area contributed by atoms with Gasteiger partial charge in [0.25, 0.3) is 5.91 Å². The summed E-state index contributed by atoms with van der Waals surface area (Å²) >= 11 is 11.8. The Morgan fingerprint density at radius 2 is 1.96 bits per heavy atom. The van der Waals surface area contributed by atoms with Gasteiger partial charge in [-0.1, -0.05) is 53.5 Å². The SMILES string of the molecule is O=C(COc1ccc(Cl)cc1Cl)NCC(=O)N1CCO[C@H](c2ccccc2)C1. The van der Waals surface area contributed by atoms with E-state index in [-0.39, 0.29) is 25.2 Å². The molecular formula is C20H20Cl2N2O4. The second kappa shape index (κ2) is 9.78. The number of ether oxygens (including phenoxy) is 2. The molecule has 1 aliphatic heterocycles. The van der Waals surface area contributed by atoms with Gasteiger partial charge in [-0.3, -0.25) is 9.59 Å². The third-order valence-corrected chi connectivity index (χ3v) is 4.81. The first-order valence-corrected chi connectivity index (χ1v) is 9.57. The molecular weight excluding hydrogens is 403 g/mol. The first-order chi connectivity index (χ1) is 13.5. The van der Waals surface area contributed by atoms with E-state index >= 15 is 0 Å². The molecule has 1 fully saturated rings. The summed E-state index contributed by atoms with van der Waals surface area (Å²) in [7, 11) is 0. The number of benzene rings is 2. The molecule has 1 saturated heterocycles. The van der Waals surface area contributed by atoms with Gasteiger partial charge in [0.2, 0.25) is 5.91 Å². The third-order valence-electron chi connectivity index (χ3n) is 4.28. The van der Waals surface area contributed by atoms with Crippen LogP contribution in [-0.2, 0) is 14.3 Å². The van der Waals surface area contributed by atoms with Crippen LogP contribution in [0.4, 0.5) is 0 Å². The highest BCUT2D eigenvalue weighted by Crippen LogP contribution is 2.27. The van der Waals surface area contributed by atoms with Crippen molar-refractivity contribution in [2.45, 2.75) is 6.10 Å². The zero-order chi connectivity index (χ0) is 19.9. The Morgan fingerprint density at radius 3 is 2.71 bits per heavy atom. The van der Waals surface area contributed by atoms with E-state index < -0.39 is 5.91 Å². The lowest BCUT2D eigenvalue weighted by molar-refractivity contribution is -0.139. The van der Waals surface area contributed by atoms with Crippen LogP contribution in [0.1, 0.15) is 11.7 Å². The number of carbonyl (C=O) groups is 2. The van der Waals surface area contributed by atoms with E-state index in [0.717, 1.165) is 5.56 Å². The summed E-state index contributed by atoms with van der Waals surface area (Å²) in [6, 6.07) is 14.5. The van der Waals surface area contributed by atoms with E-state index in [0.29, 0.717) is 35.5 Å². The fourth-order valence-corrected chi connectivity index (χ4v) is 3.28.